The summed E-state index contributed by atoms with van der Waals surface area (Å²) < 4.78 is 20.1. The quantitative estimate of drug-likeness (QED) is 0.593. The molecule has 2 aromatic rings. The summed E-state index contributed by atoms with van der Waals surface area (Å²) in [5, 5.41) is -0.453. The minimum Gasteiger partial charge on any atom is -0.497 e. The van der Waals surface area contributed by atoms with Crippen LogP contribution in [0.2, 0.25) is 0 Å². The van der Waals surface area contributed by atoms with E-state index >= 15 is 0 Å². The number of benzene rings is 2. The van der Waals surface area contributed by atoms with Gasteiger partial charge in [-0.1, -0.05) is 37.9 Å². The summed E-state index contributed by atoms with van der Waals surface area (Å²) in [5.74, 6) is 0.422. The lowest BCUT2D eigenvalue weighted by Crippen LogP contribution is -1.97. The van der Waals surface area contributed by atoms with Crippen molar-refractivity contribution in [2.24, 2.45) is 0 Å². The van der Waals surface area contributed by atoms with Gasteiger partial charge in [0.1, 0.15) is 11.6 Å². The van der Waals surface area contributed by atoms with Gasteiger partial charge in [-0.3, -0.25) is 0 Å². The number of ether oxygens (including phenoxy) is 1. The average molecular weight is 408 g/mol. The molecule has 1 unspecified atom stereocenters. The molecule has 0 N–H and O–H groups in total. The number of methoxy groups -OCH3 is 1. The van der Waals surface area contributed by atoms with Gasteiger partial charge in [-0.25, -0.2) is 4.39 Å². The monoisotopic (exact) mass is 406 g/mol. The highest BCUT2D eigenvalue weighted by atomic mass is 79.9. The SMILES string of the molecule is COc1ccc(C(Cl)c2cc(F)ccc2Br)c(Br)c1. The zero-order valence-electron chi connectivity index (χ0n) is 9.96. The van der Waals surface area contributed by atoms with E-state index in [4.69, 9.17) is 16.3 Å². The molecular weight excluding hydrogens is 398 g/mol. The van der Waals surface area contributed by atoms with Gasteiger partial charge in [0.15, 0.2) is 0 Å². The molecular formula is C14H10Br2ClFO. The lowest BCUT2D eigenvalue weighted by atomic mass is 10.0. The summed E-state index contributed by atoms with van der Waals surface area (Å²) in [6, 6.07) is 9.98. The highest BCUT2D eigenvalue weighted by molar-refractivity contribution is 9.10. The summed E-state index contributed by atoms with van der Waals surface area (Å²) in [6.07, 6.45) is 0. The second kappa shape index (κ2) is 6.25. The van der Waals surface area contributed by atoms with E-state index in [0.29, 0.717) is 5.56 Å². The molecule has 5 heteroatoms. The Balaban J connectivity index is 2.43. The molecule has 0 radical (unpaired) electrons. The maximum absolute atomic E-state index is 13.3. The molecule has 0 amide bonds. The maximum Gasteiger partial charge on any atom is 0.123 e. The molecule has 0 saturated heterocycles. The Morgan fingerprint density at radius 2 is 1.79 bits per heavy atom. The normalized spacial score (nSPS) is 12.3. The minimum atomic E-state index is -0.453. The molecule has 0 heterocycles. The van der Waals surface area contributed by atoms with Crippen LogP contribution in [0.15, 0.2) is 45.3 Å². The Kier molecular flexibility index (Phi) is 4.87. The van der Waals surface area contributed by atoms with Crippen molar-refractivity contribution in [3.8, 4) is 5.75 Å². The van der Waals surface area contributed by atoms with Crippen LogP contribution >= 0.6 is 43.5 Å². The summed E-state index contributed by atoms with van der Waals surface area (Å²) in [5.41, 5.74) is 1.54. The van der Waals surface area contributed by atoms with Crippen LogP contribution in [-0.2, 0) is 0 Å². The molecule has 1 atom stereocenters. The lowest BCUT2D eigenvalue weighted by molar-refractivity contribution is 0.414. The van der Waals surface area contributed by atoms with Crippen molar-refractivity contribution in [3.63, 3.8) is 0 Å². The van der Waals surface area contributed by atoms with Gasteiger partial charge < -0.3 is 4.74 Å². The number of hydrogen-bond acceptors (Lipinski definition) is 1. The largest absolute Gasteiger partial charge is 0.497 e. The zero-order chi connectivity index (χ0) is 14.0. The molecule has 0 saturated carbocycles. The molecule has 0 bridgehead atoms. The van der Waals surface area contributed by atoms with Crippen LogP contribution in [0, 0.1) is 5.82 Å². The molecule has 0 aliphatic rings. The van der Waals surface area contributed by atoms with Crippen LogP contribution in [0.5, 0.6) is 5.75 Å². The lowest BCUT2D eigenvalue weighted by Gasteiger charge is -2.15. The first-order valence-electron chi connectivity index (χ1n) is 5.45. The van der Waals surface area contributed by atoms with Crippen LogP contribution in [0.4, 0.5) is 4.39 Å². The third-order valence-corrected chi connectivity index (χ3v) is 4.59. The fourth-order valence-corrected chi connectivity index (χ4v) is 3.41. The summed E-state index contributed by atoms with van der Waals surface area (Å²) >= 11 is 13.3. The molecule has 2 rings (SSSR count). The van der Waals surface area contributed by atoms with E-state index in [9.17, 15) is 4.39 Å². The van der Waals surface area contributed by atoms with Crippen molar-refractivity contribution in [2.45, 2.75) is 5.38 Å². The number of halogens is 4. The summed E-state index contributed by atoms with van der Waals surface area (Å²) in [7, 11) is 1.60. The van der Waals surface area contributed by atoms with Gasteiger partial charge in [-0.15, -0.1) is 11.6 Å². The van der Waals surface area contributed by atoms with Gasteiger partial charge in [0.25, 0.3) is 0 Å². The van der Waals surface area contributed by atoms with Gasteiger partial charge in [-0.05, 0) is 41.5 Å². The molecule has 0 aliphatic carbocycles. The molecule has 1 nitrogen and oxygen atoms in total. The zero-order valence-corrected chi connectivity index (χ0v) is 13.9. The second-order valence-corrected chi connectivity index (χ2v) is 6.06. The van der Waals surface area contributed by atoms with Crippen LogP contribution in [0.25, 0.3) is 0 Å². The van der Waals surface area contributed by atoms with E-state index in [2.05, 4.69) is 31.9 Å². The van der Waals surface area contributed by atoms with Crippen molar-refractivity contribution in [2.75, 3.05) is 7.11 Å². The van der Waals surface area contributed by atoms with Crippen molar-refractivity contribution in [1.29, 1.82) is 0 Å². The third kappa shape index (κ3) is 3.30. The van der Waals surface area contributed by atoms with E-state index in [-0.39, 0.29) is 5.82 Å². The first-order chi connectivity index (χ1) is 9.02. The van der Waals surface area contributed by atoms with E-state index in [1.165, 1.54) is 12.1 Å². The minimum absolute atomic E-state index is 0.312. The molecule has 0 aliphatic heterocycles. The number of hydrogen-bond donors (Lipinski definition) is 0. The fourth-order valence-electron chi connectivity index (χ4n) is 1.72. The van der Waals surface area contributed by atoms with Crippen LogP contribution in [0.3, 0.4) is 0 Å². The Hall–Kier alpha value is -0.580. The van der Waals surface area contributed by atoms with E-state index in [0.717, 1.165) is 20.3 Å². The number of alkyl halides is 1. The van der Waals surface area contributed by atoms with Crippen LogP contribution in [0.1, 0.15) is 16.5 Å². The standard InChI is InChI=1S/C14H10Br2ClFO/c1-19-9-3-4-10(13(16)7-9)14(17)11-6-8(18)2-5-12(11)15/h2-7,14H,1H3. The number of rotatable bonds is 3. The average Bonchev–Trinajstić information content (AvgIpc) is 2.40. The van der Waals surface area contributed by atoms with Gasteiger partial charge in [0, 0.05) is 8.95 Å². The van der Waals surface area contributed by atoms with Gasteiger partial charge >= 0.3 is 0 Å². The molecule has 19 heavy (non-hydrogen) atoms. The summed E-state index contributed by atoms with van der Waals surface area (Å²) in [4.78, 5) is 0. The highest BCUT2D eigenvalue weighted by Crippen LogP contribution is 2.38. The van der Waals surface area contributed by atoms with E-state index < -0.39 is 5.38 Å². The topological polar surface area (TPSA) is 9.23 Å². The van der Waals surface area contributed by atoms with Gasteiger partial charge in [0.05, 0.1) is 12.5 Å². The van der Waals surface area contributed by atoms with Gasteiger partial charge in [-0.2, -0.15) is 0 Å². The molecule has 0 fully saturated rings. The Bertz CT molecular complexity index is 604. The second-order valence-electron chi connectivity index (χ2n) is 3.92. The van der Waals surface area contributed by atoms with Crippen molar-refractivity contribution in [1.82, 2.24) is 0 Å². The van der Waals surface area contributed by atoms with E-state index in [1.54, 1.807) is 13.2 Å². The van der Waals surface area contributed by atoms with Gasteiger partial charge in [0.2, 0.25) is 0 Å². The van der Waals surface area contributed by atoms with Crippen molar-refractivity contribution >= 4 is 43.5 Å². The Labute approximate surface area is 133 Å². The first kappa shape index (κ1) is 14.8. The third-order valence-electron chi connectivity index (χ3n) is 2.71. The van der Waals surface area contributed by atoms with Crippen molar-refractivity contribution in [3.05, 3.63) is 62.3 Å². The van der Waals surface area contributed by atoms with Crippen LogP contribution < -0.4 is 4.74 Å². The fraction of sp³-hybridized carbons (Fsp3) is 0.143. The predicted octanol–water partition coefficient (Wildman–Crippen LogP) is 5.69. The van der Waals surface area contributed by atoms with E-state index in [1.807, 2.05) is 18.2 Å². The molecule has 2 aromatic carbocycles. The predicted molar refractivity (Wildman–Crippen MR) is 82.5 cm³/mol. The molecule has 100 valence electrons. The highest BCUT2D eigenvalue weighted by Gasteiger charge is 2.17. The first-order valence-corrected chi connectivity index (χ1v) is 7.47. The van der Waals surface area contributed by atoms with Crippen molar-refractivity contribution < 1.29 is 9.13 Å². The Morgan fingerprint density at radius 3 is 2.42 bits per heavy atom. The van der Waals surface area contributed by atoms with Crippen LogP contribution in [-0.4, -0.2) is 7.11 Å². The Morgan fingerprint density at radius 1 is 1.05 bits per heavy atom. The maximum atomic E-state index is 13.3. The smallest absolute Gasteiger partial charge is 0.123 e. The molecule has 0 spiro atoms. The molecule has 0 aromatic heterocycles. The summed E-state index contributed by atoms with van der Waals surface area (Å²) in [6.45, 7) is 0.